The fraction of sp³-hybridized carbons (Fsp3) is 0.625. The summed E-state index contributed by atoms with van der Waals surface area (Å²) in [5.41, 5.74) is -0.274. The Morgan fingerprint density at radius 1 is 1.44 bits per heavy atom. The monoisotopic (exact) mass is 373 g/mol. The Balaban J connectivity index is 2.03. The van der Waals surface area contributed by atoms with E-state index in [9.17, 15) is 17.1 Å². The van der Waals surface area contributed by atoms with E-state index in [0.29, 0.717) is 18.9 Å². The molecular weight excluding hydrogens is 349 g/mol. The van der Waals surface area contributed by atoms with Gasteiger partial charge in [-0.15, -0.1) is 3.89 Å². The molecule has 1 aliphatic heterocycles. The maximum atomic E-state index is 13.1. The summed E-state index contributed by atoms with van der Waals surface area (Å²) in [4.78, 5) is 17.3. The van der Waals surface area contributed by atoms with E-state index in [2.05, 4.69) is 10.3 Å². The number of halogens is 1. The molecule has 9 heteroatoms. The van der Waals surface area contributed by atoms with Gasteiger partial charge in [0.2, 0.25) is 0 Å². The van der Waals surface area contributed by atoms with Crippen LogP contribution >= 0.6 is 0 Å². The van der Waals surface area contributed by atoms with Crippen LogP contribution in [0.15, 0.2) is 17.2 Å². The molecule has 0 aliphatic carbocycles. The highest BCUT2D eigenvalue weighted by atomic mass is 32.3. The number of ether oxygens (including phenoxy) is 1. The lowest BCUT2D eigenvalue weighted by atomic mass is 10.1. The summed E-state index contributed by atoms with van der Waals surface area (Å²) in [5.74, 6) is 0.445. The molecule has 1 amide bonds. The summed E-state index contributed by atoms with van der Waals surface area (Å²) in [6.45, 7) is 8.04. The van der Waals surface area contributed by atoms with E-state index in [1.165, 1.54) is 13.0 Å². The van der Waals surface area contributed by atoms with Crippen LogP contribution in [0.25, 0.3) is 0 Å². The van der Waals surface area contributed by atoms with E-state index < -0.39 is 20.7 Å². The fourth-order valence-corrected chi connectivity index (χ4v) is 3.30. The van der Waals surface area contributed by atoms with Crippen LogP contribution in [0.3, 0.4) is 0 Å². The first-order valence-corrected chi connectivity index (χ1v) is 9.50. The van der Waals surface area contributed by atoms with Crippen molar-refractivity contribution in [1.29, 1.82) is 0 Å². The Hall–Kier alpha value is -1.90. The third-order valence-electron chi connectivity index (χ3n) is 3.75. The van der Waals surface area contributed by atoms with Gasteiger partial charge in [-0.1, -0.05) is 0 Å². The highest BCUT2D eigenvalue weighted by molar-refractivity contribution is 7.86. The lowest BCUT2D eigenvalue weighted by Crippen LogP contribution is -2.47. The van der Waals surface area contributed by atoms with Crippen molar-refractivity contribution in [2.45, 2.75) is 57.1 Å². The number of amides is 1. The number of carbonyl (C=O) groups excluding carboxylic acids is 1. The van der Waals surface area contributed by atoms with Gasteiger partial charge in [0.15, 0.2) is 0 Å². The fourth-order valence-electron chi connectivity index (χ4n) is 2.67. The maximum Gasteiger partial charge on any atom is 0.410 e. The molecule has 2 rings (SSSR count). The predicted molar refractivity (Wildman–Crippen MR) is 91.7 cm³/mol. The summed E-state index contributed by atoms with van der Waals surface area (Å²) in [5, 5.41) is 3.17. The predicted octanol–water partition coefficient (Wildman–Crippen LogP) is 2.86. The number of aryl methyl sites for hydroxylation is 1. The smallest absolute Gasteiger partial charge is 0.410 e. The molecule has 25 heavy (non-hydrogen) atoms. The van der Waals surface area contributed by atoms with Crippen LogP contribution in [0.2, 0.25) is 0 Å². The largest absolute Gasteiger partial charge is 0.444 e. The molecule has 140 valence electrons. The second kappa shape index (κ2) is 7.15. The molecule has 1 aromatic rings. The van der Waals surface area contributed by atoms with E-state index >= 15 is 0 Å². The lowest BCUT2D eigenvalue weighted by molar-refractivity contribution is 0.0206. The number of hydrogen-bond donors (Lipinski definition) is 1. The zero-order chi connectivity index (χ0) is 18.8. The standard InChI is InChI=1S/C16H24FN3O4S/c1-11-8-14(18-9-13(11)25(17,22)23)19-12-6-5-7-20(10-12)15(21)24-16(2,3)4/h8-9,12H,5-7,10H2,1-4H3,(H,18,19)/t12-/m1/s1. The summed E-state index contributed by atoms with van der Waals surface area (Å²) in [6, 6.07) is 1.44. The highest BCUT2D eigenvalue weighted by Gasteiger charge is 2.28. The van der Waals surface area contributed by atoms with Crippen LogP contribution in [-0.4, -0.2) is 49.1 Å². The molecule has 1 aliphatic rings. The average molecular weight is 373 g/mol. The van der Waals surface area contributed by atoms with Gasteiger partial charge in [0, 0.05) is 19.1 Å². The zero-order valence-electron chi connectivity index (χ0n) is 14.9. The second-order valence-electron chi connectivity index (χ2n) is 7.18. The van der Waals surface area contributed by atoms with Gasteiger partial charge >= 0.3 is 16.3 Å². The minimum absolute atomic E-state index is 0.0407. The number of aromatic nitrogens is 1. The summed E-state index contributed by atoms with van der Waals surface area (Å²) >= 11 is 0. The summed E-state index contributed by atoms with van der Waals surface area (Å²) < 4.78 is 40.5. The quantitative estimate of drug-likeness (QED) is 0.820. The molecule has 1 saturated heterocycles. The molecular formula is C16H24FN3O4S. The van der Waals surface area contributed by atoms with Crippen LogP contribution in [0.1, 0.15) is 39.2 Å². The topological polar surface area (TPSA) is 88.6 Å². The Labute approximate surface area is 147 Å². The van der Waals surface area contributed by atoms with Crippen molar-refractivity contribution in [3.8, 4) is 0 Å². The van der Waals surface area contributed by atoms with Gasteiger partial charge in [0.1, 0.15) is 16.3 Å². The normalized spacial score (nSPS) is 18.8. The van der Waals surface area contributed by atoms with E-state index in [1.807, 2.05) is 20.8 Å². The zero-order valence-corrected chi connectivity index (χ0v) is 15.7. The number of carbonyl (C=O) groups is 1. The number of hydrogen-bond acceptors (Lipinski definition) is 6. The van der Waals surface area contributed by atoms with E-state index in [-0.39, 0.29) is 17.7 Å². The van der Waals surface area contributed by atoms with Crippen molar-refractivity contribution in [3.63, 3.8) is 0 Å². The molecule has 7 nitrogen and oxygen atoms in total. The SMILES string of the molecule is Cc1cc(N[C@@H]2CCCN(C(=O)OC(C)(C)C)C2)ncc1S(=O)(=O)F. The van der Waals surface area contributed by atoms with Crippen molar-refractivity contribution < 1.29 is 21.8 Å². The number of piperidine rings is 1. The van der Waals surface area contributed by atoms with Crippen molar-refractivity contribution in [2.24, 2.45) is 0 Å². The minimum atomic E-state index is -4.78. The Kier molecular flexibility index (Phi) is 5.55. The average Bonchev–Trinajstić information content (AvgIpc) is 2.44. The third kappa shape index (κ3) is 5.55. The van der Waals surface area contributed by atoms with Gasteiger partial charge in [-0.25, -0.2) is 9.78 Å². The molecule has 1 fully saturated rings. The van der Waals surface area contributed by atoms with Crippen LogP contribution in [0, 0.1) is 6.92 Å². The summed E-state index contributed by atoms with van der Waals surface area (Å²) in [7, 11) is -4.78. The van der Waals surface area contributed by atoms with E-state index in [1.54, 1.807) is 4.90 Å². The Bertz CT molecular complexity index is 746. The molecule has 1 N–H and O–H groups in total. The third-order valence-corrected chi connectivity index (χ3v) is 4.70. The minimum Gasteiger partial charge on any atom is -0.444 e. The van der Waals surface area contributed by atoms with Gasteiger partial charge < -0.3 is 15.0 Å². The first-order valence-electron chi connectivity index (χ1n) is 8.11. The van der Waals surface area contributed by atoms with Crippen molar-refractivity contribution >= 4 is 22.1 Å². The molecule has 0 unspecified atom stereocenters. The molecule has 0 radical (unpaired) electrons. The Morgan fingerprint density at radius 3 is 2.68 bits per heavy atom. The molecule has 0 spiro atoms. The van der Waals surface area contributed by atoms with Crippen LogP contribution in [0.5, 0.6) is 0 Å². The van der Waals surface area contributed by atoms with Gasteiger partial charge in [-0.3, -0.25) is 0 Å². The lowest BCUT2D eigenvalue weighted by Gasteiger charge is -2.34. The van der Waals surface area contributed by atoms with E-state index in [0.717, 1.165) is 19.0 Å². The number of likely N-dealkylation sites (tertiary alicyclic amines) is 1. The number of nitrogens with zero attached hydrogens (tertiary/aromatic N) is 2. The molecule has 1 aromatic heterocycles. The molecule has 1 atom stereocenters. The van der Waals surface area contributed by atoms with Crippen LogP contribution in [-0.2, 0) is 15.0 Å². The molecule has 0 saturated carbocycles. The maximum absolute atomic E-state index is 13.1. The molecule has 0 aromatic carbocycles. The first kappa shape index (κ1) is 19.4. The number of anilines is 1. The molecule has 0 bridgehead atoms. The number of pyridine rings is 1. The van der Waals surface area contributed by atoms with Gasteiger partial charge in [-0.05, 0) is 52.2 Å². The van der Waals surface area contributed by atoms with Crippen molar-refractivity contribution in [3.05, 3.63) is 17.8 Å². The first-order chi connectivity index (χ1) is 11.5. The van der Waals surface area contributed by atoms with E-state index in [4.69, 9.17) is 4.74 Å². The Morgan fingerprint density at radius 2 is 2.12 bits per heavy atom. The molecule has 2 heterocycles. The van der Waals surface area contributed by atoms with Crippen LogP contribution in [0.4, 0.5) is 14.5 Å². The summed E-state index contributed by atoms with van der Waals surface area (Å²) in [6.07, 6.45) is 2.29. The second-order valence-corrected chi connectivity index (χ2v) is 8.50. The van der Waals surface area contributed by atoms with Gasteiger partial charge in [0.25, 0.3) is 0 Å². The number of rotatable bonds is 3. The van der Waals surface area contributed by atoms with Crippen molar-refractivity contribution in [2.75, 3.05) is 18.4 Å². The number of nitrogens with one attached hydrogen (secondary N) is 1. The van der Waals surface area contributed by atoms with Gasteiger partial charge in [-0.2, -0.15) is 8.42 Å². The van der Waals surface area contributed by atoms with Crippen molar-refractivity contribution in [1.82, 2.24) is 9.88 Å². The van der Waals surface area contributed by atoms with Crippen LogP contribution < -0.4 is 5.32 Å². The highest BCUT2D eigenvalue weighted by Crippen LogP contribution is 2.21. The van der Waals surface area contributed by atoms with Gasteiger partial charge in [0.05, 0.1) is 6.20 Å².